The summed E-state index contributed by atoms with van der Waals surface area (Å²) in [7, 11) is 1.79. The van der Waals surface area contributed by atoms with Crippen molar-refractivity contribution >= 4 is 22.6 Å². The van der Waals surface area contributed by atoms with Crippen LogP contribution in [0.1, 0.15) is 36.2 Å². The summed E-state index contributed by atoms with van der Waals surface area (Å²) < 4.78 is 44.0. The van der Waals surface area contributed by atoms with Crippen LogP contribution in [0.2, 0.25) is 0 Å². The minimum absolute atomic E-state index is 0.00192. The summed E-state index contributed by atoms with van der Waals surface area (Å²) in [5.74, 6) is -2.22. The van der Waals surface area contributed by atoms with E-state index in [0.29, 0.717) is 17.7 Å². The number of amides is 1. The zero-order valence-corrected chi connectivity index (χ0v) is 18.3. The molecule has 1 aromatic carbocycles. The zero-order valence-electron chi connectivity index (χ0n) is 18.3. The normalized spacial score (nSPS) is 18.2. The predicted molar refractivity (Wildman–Crippen MR) is 120 cm³/mol. The van der Waals surface area contributed by atoms with Gasteiger partial charge in [-0.15, -0.1) is 0 Å². The van der Waals surface area contributed by atoms with Gasteiger partial charge in [0.2, 0.25) is 0 Å². The number of hydrogen-bond donors (Lipinski definition) is 3. The van der Waals surface area contributed by atoms with Crippen LogP contribution >= 0.6 is 0 Å². The highest BCUT2D eigenvalue weighted by Crippen LogP contribution is 2.30. The number of nitrogens with one attached hydrogen (secondary N) is 3. The van der Waals surface area contributed by atoms with Crippen LogP contribution in [0, 0.1) is 17.5 Å². The van der Waals surface area contributed by atoms with Crippen molar-refractivity contribution in [2.45, 2.75) is 37.8 Å². The van der Waals surface area contributed by atoms with E-state index in [2.05, 4.69) is 30.6 Å². The van der Waals surface area contributed by atoms with Crippen LogP contribution in [-0.2, 0) is 7.05 Å². The van der Waals surface area contributed by atoms with Crippen LogP contribution in [0.5, 0.6) is 0 Å². The quantitative estimate of drug-likeness (QED) is 0.411. The molecule has 0 bridgehead atoms. The molecule has 0 saturated heterocycles. The molecular formula is C23H22F3N7O. The molecule has 1 aliphatic carbocycles. The van der Waals surface area contributed by atoms with E-state index in [0.717, 1.165) is 31.5 Å². The minimum atomic E-state index is -0.734. The van der Waals surface area contributed by atoms with Crippen molar-refractivity contribution in [1.82, 2.24) is 29.8 Å². The average Bonchev–Trinajstić information content (AvgIpc) is 3.42. The molecule has 34 heavy (non-hydrogen) atoms. The van der Waals surface area contributed by atoms with Crippen molar-refractivity contribution in [2.75, 3.05) is 5.32 Å². The first kappa shape index (κ1) is 21.9. The lowest BCUT2D eigenvalue weighted by Crippen LogP contribution is -2.42. The van der Waals surface area contributed by atoms with Gasteiger partial charge in [0.15, 0.2) is 17.5 Å². The second kappa shape index (κ2) is 8.81. The van der Waals surface area contributed by atoms with Gasteiger partial charge in [-0.25, -0.2) is 28.1 Å². The van der Waals surface area contributed by atoms with Crippen LogP contribution in [0.15, 0.2) is 37.1 Å². The first-order chi connectivity index (χ1) is 16.4. The summed E-state index contributed by atoms with van der Waals surface area (Å²) >= 11 is 0. The highest BCUT2D eigenvalue weighted by molar-refractivity contribution is 5.94. The van der Waals surface area contributed by atoms with E-state index in [9.17, 15) is 18.0 Å². The number of H-pyrrole nitrogens is 1. The molecule has 0 aliphatic heterocycles. The summed E-state index contributed by atoms with van der Waals surface area (Å²) in [6.07, 6.45) is 8.71. The van der Waals surface area contributed by atoms with Crippen LogP contribution in [0.25, 0.3) is 22.3 Å². The third-order valence-electron chi connectivity index (χ3n) is 5.98. The number of carbonyl (C=O) groups excluding carboxylic acids is 1. The van der Waals surface area contributed by atoms with E-state index < -0.39 is 17.5 Å². The SMILES string of the molecule is Cn1cnc(C(=O)N[C@@H]2CCC[C@H](Nc3nc(-c4c[nH]c5c(F)cc(F)cc45)ncc3F)C2)c1. The van der Waals surface area contributed by atoms with Crippen molar-refractivity contribution in [2.24, 2.45) is 7.05 Å². The zero-order chi connectivity index (χ0) is 23.8. The lowest BCUT2D eigenvalue weighted by Gasteiger charge is -2.30. The number of halogens is 3. The Morgan fingerprint density at radius 3 is 2.76 bits per heavy atom. The van der Waals surface area contributed by atoms with Gasteiger partial charge in [0.05, 0.1) is 18.0 Å². The number of fused-ring (bicyclic) bond motifs is 1. The Kier molecular flexibility index (Phi) is 5.68. The Morgan fingerprint density at radius 1 is 1.15 bits per heavy atom. The number of aryl methyl sites for hydroxylation is 1. The van der Waals surface area contributed by atoms with Crippen molar-refractivity contribution in [1.29, 1.82) is 0 Å². The molecule has 0 radical (unpaired) electrons. The second-order valence-electron chi connectivity index (χ2n) is 8.51. The third kappa shape index (κ3) is 4.33. The van der Waals surface area contributed by atoms with E-state index in [1.54, 1.807) is 24.1 Å². The van der Waals surface area contributed by atoms with Gasteiger partial charge in [-0.3, -0.25) is 4.79 Å². The van der Waals surface area contributed by atoms with Gasteiger partial charge < -0.3 is 20.2 Å². The lowest BCUT2D eigenvalue weighted by molar-refractivity contribution is 0.0921. The van der Waals surface area contributed by atoms with E-state index in [1.165, 1.54) is 12.3 Å². The smallest absolute Gasteiger partial charge is 0.271 e. The van der Waals surface area contributed by atoms with Gasteiger partial charge in [-0.1, -0.05) is 0 Å². The highest BCUT2D eigenvalue weighted by Gasteiger charge is 2.26. The standard InChI is InChI=1S/C23H22F3N7O/c1-33-10-19(29-11-33)23(34)31-14-4-2-3-13(7-14)30-22-18(26)9-28-21(32-22)16-8-27-20-15(16)5-12(24)6-17(20)25/h5-6,8-11,13-14,27H,2-4,7H2,1H3,(H,31,34)(H,28,30,32)/t13-,14+/m0/s1. The van der Waals surface area contributed by atoms with Gasteiger partial charge in [-0.05, 0) is 31.7 Å². The molecule has 3 heterocycles. The van der Waals surface area contributed by atoms with Crippen molar-refractivity contribution in [3.05, 3.63) is 60.2 Å². The van der Waals surface area contributed by atoms with Crippen LogP contribution in [0.4, 0.5) is 19.0 Å². The van der Waals surface area contributed by atoms with Crippen molar-refractivity contribution < 1.29 is 18.0 Å². The largest absolute Gasteiger partial charge is 0.365 e. The molecule has 2 atom stereocenters. The molecule has 0 unspecified atom stereocenters. The molecule has 5 rings (SSSR count). The molecule has 176 valence electrons. The number of anilines is 1. The number of aromatic nitrogens is 5. The topological polar surface area (TPSA) is 101 Å². The number of carbonyl (C=O) groups is 1. The van der Waals surface area contributed by atoms with Crippen LogP contribution in [0.3, 0.4) is 0 Å². The number of nitrogens with zero attached hydrogens (tertiary/aromatic N) is 4. The molecule has 1 amide bonds. The third-order valence-corrected chi connectivity index (χ3v) is 5.98. The second-order valence-corrected chi connectivity index (χ2v) is 8.51. The molecule has 3 aromatic heterocycles. The van der Waals surface area contributed by atoms with Crippen LogP contribution in [-0.4, -0.2) is 42.5 Å². The molecule has 1 aliphatic rings. The first-order valence-corrected chi connectivity index (χ1v) is 10.9. The number of rotatable bonds is 5. The van der Waals surface area contributed by atoms with E-state index in [1.807, 2.05) is 0 Å². The molecule has 3 N–H and O–H groups in total. The summed E-state index contributed by atoms with van der Waals surface area (Å²) in [5, 5.41) is 6.37. The van der Waals surface area contributed by atoms with E-state index in [4.69, 9.17) is 0 Å². The Bertz CT molecular complexity index is 1370. The lowest BCUT2D eigenvalue weighted by atomic mass is 9.91. The van der Waals surface area contributed by atoms with E-state index in [-0.39, 0.29) is 40.5 Å². The maximum absolute atomic E-state index is 14.5. The molecule has 0 spiro atoms. The maximum atomic E-state index is 14.5. The Morgan fingerprint density at radius 2 is 1.97 bits per heavy atom. The molecule has 4 aromatic rings. The maximum Gasteiger partial charge on any atom is 0.271 e. The summed E-state index contributed by atoms with van der Waals surface area (Å²) in [4.78, 5) is 27.6. The molecular weight excluding hydrogens is 447 g/mol. The molecule has 1 fully saturated rings. The predicted octanol–water partition coefficient (Wildman–Crippen LogP) is 3.93. The number of imidazole rings is 1. The first-order valence-electron chi connectivity index (χ1n) is 10.9. The summed E-state index contributed by atoms with van der Waals surface area (Å²) in [6, 6.07) is 1.75. The number of hydrogen-bond acceptors (Lipinski definition) is 5. The Labute approximate surface area is 192 Å². The average molecular weight is 469 g/mol. The molecule has 8 nitrogen and oxygen atoms in total. The fourth-order valence-electron chi connectivity index (χ4n) is 4.37. The van der Waals surface area contributed by atoms with Gasteiger partial charge in [0.25, 0.3) is 5.91 Å². The van der Waals surface area contributed by atoms with Gasteiger partial charge in [-0.2, -0.15) is 0 Å². The molecule has 11 heteroatoms. The minimum Gasteiger partial charge on any atom is -0.365 e. The van der Waals surface area contributed by atoms with Crippen molar-refractivity contribution in [3.63, 3.8) is 0 Å². The van der Waals surface area contributed by atoms with Gasteiger partial charge in [0.1, 0.15) is 17.3 Å². The Balaban J connectivity index is 1.33. The fraction of sp³-hybridized carbons (Fsp3) is 0.304. The number of aromatic amines is 1. The number of benzene rings is 1. The van der Waals surface area contributed by atoms with Crippen molar-refractivity contribution in [3.8, 4) is 11.4 Å². The Hall–Kier alpha value is -3.89. The van der Waals surface area contributed by atoms with Gasteiger partial charge >= 0.3 is 0 Å². The monoisotopic (exact) mass is 469 g/mol. The summed E-state index contributed by atoms with van der Waals surface area (Å²) in [6.45, 7) is 0. The molecule has 1 saturated carbocycles. The van der Waals surface area contributed by atoms with Crippen LogP contribution < -0.4 is 10.6 Å². The summed E-state index contributed by atoms with van der Waals surface area (Å²) in [5.41, 5.74) is 0.828. The highest BCUT2D eigenvalue weighted by atomic mass is 19.1. The van der Waals surface area contributed by atoms with E-state index >= 15 is 0 Å². The van der Waals surface area contributed by atoms with Gasteiger partial charge in [0, 0.05) is 48.5 Å². The fourth-order valence-corrected chi connectivity index (χ4v) is 4.37.